The Morgan fingerprint density at radius 2 is 2.27 bits per heavy atom. The van der Waals surface area contributed by atoms with Crippen molar-refractivity contribution in [3.8, 4) is 0 Å². The zero-order chi connectivity index (χ0) is 11.5. The number of carboxylic acid groups (broad SMARTS) is 1. The summed E-state index contributed by atoms with van der Waals surface area (Å²) in [5.41, 5.74) is -0.567. The molecule has 1 aliphatic heterocycles. The predicted molar refractivity (Wildman–Crippen MR) is 52.2 cm³/mol. The Balaban J connectivity index is 2.57. The summed E-state index contributed by atoms with van der Waals surface area (Å²) in [5.74, 6) is -1.55. The number of carbonyl (C=O) groups excluding carboxylic acids is 1. The first-order chi connectivity index (χ1) is 6.99. The van der Waals surface area contributed by atoms with Gasteiger partial charge < -0.3 is 20.8 Å². The molecule has 1 unspecified atom stereocenters. The molecule has 2 atom stereocenters. The Bertz CT molecular complexity index is 261. The molecule has 0 aliphatic carbocycles. The third-order valence-corrected chi connectivity index (χ3v) is 2.70. The van der Waals surface area contributed by atoms with E-state index in [-0.39, 0.29) is 5.91 Å². The van der Waals surface area contributed by atoms with Gasteiger partial charge in [0.2, 0.25) is 5.91 Å². The van der Waals surface area contributed by atoms with Gasteiger partial charge in [-0.05, 0) is 19.9 Å². The average Bonchev–Trinajstić information content (AvgIpc) is 2.61. The Kier molecular flexibility index (Phi) is 3.65. The molecule has 6 nitrogen and oxygen atoms in total. The van der Waals surface area contributed by atoms with Crippen molar-refractivity contribution in [2.24, 2.45) is 5.41 Å². The lowest BCUT2D eigenvalue weighted by molar-refractivity contribution is -0.144. The maximum Gasteiger partial charge on any atom is 0.328 e. The van der Waals surface area contributed by atoms with E-state index in [1.165, 1.54) is 0 Å². The molecule has 0 spiro atoms. The zero-order valence-corrected chi connectivity index (χ0v) is 8.62. The fourth-order valence-electron chi connectivity index (χ4n) is 1.53. The molecule has 1 amide bonds. The number of aliphatic carboxylic acids is 1. The van der Waals surface area contributed by atoms with Crippen molar-refractivity contribution in [2.75, 3.05) is 19.7 Å². The predicted octanol–water partition coefficient (Wildman–Crippen LogP) is -1.45. The summed E-state index contributed by atoms with van der Waals surface area (Å²) in [6.45, 7) is 2.47. The molecule has 0 bridgehead atoms. The van der Waals surface area contributed by atoms with Crippen molar-refractivity contribution in [1.82, 2.24) is 10.6 Å². The summed E-state index contributed by atoms with van der Waals surface area (Å²) in [5, 5.41) is 22.8. The topological polar surface area (TPSA) is 98.7 Å². The molecular formula is C9H16N2O4. The molecule has 86 valence electrons. The van der Waals surface area contributed by atoms with Crippen LogP contribution in [0.15, 0.2) is 0 Å². The van der Waals surface area contributed by atoms with Crippen molar-refractivity contribution in [1.29, 1.82) is 0 Å². The maximum absolute atomic E-state index is 11.7. The van der Waals surface area contributed by atoms with Gasteiger partial charge in [0.1, 0.15) is 6.04 Å². The second-order valence-corrected chi connectivity index (χ2v) is 4.03. The van der Waals surface area contributed by atoms with E-state index in [4.69, 9.17) is 10.2 Å². The molecule has 1 saturated heterocycles. The van der Waals surface area contributed by atoms with Crippen molar-refractivity contribution in [3.63, 3.8) is 0 Å². The van der Waals surface area contributed by atoms with Crippen LogP contribution in [0, 0.1) is 5.41 Å². The molecule has 0 aromatic carbocycles. The van der Waals surface area contributed by atoms with Crippen LogP contribution in [-0.4, -0.2) is 47.8 Å². The first kappa shape index (κ1) is 11.9. The quantitative estimate of drug-likeness (QED) is 0.461. The van der Waals surface area contributed by atoms with Crippen LogP contribution in [0.5, 0.6) is 0 Å². The van der Waals surface area contributed by atoms with E-state index < -0.39 is 24.0 Å². The molecule has 1 aliphatic rings. The first-order valence-electron chi connectivity index (χ1n) is 4.85. The van der Waals surface area contributed by atoms with E-state index in [0.717, 1.165) is 6.54 Å². The van der Waals surface area contributed by atoms with Crippen LogP contribution in [0.3, 0.4) is 0 Å². The Hall–Kier alpha value is -1.14. The fraction of sp³-hybridized carbons (Fsp3) is 0.778. The van der Waals surface area contributed by atoms with Gasteiger partial charge in [-0.25, -0.2) is 4.79 Å². The van der Waals surface area contributed by atoms with E-state index >= 15 is 0 Å². The van der Waals surface area contributed by atoms with E-state index in [1.54, 1.807) is 6.92 Å². The van der Waals surface area contributed by atoms with E-state index in [0.29, 0.717) is 13.0 Å². The van der Waals surface area contributed by atoms with Gasteiger partial charge >= 0.3 is 5.97 Å². The molecule has 0 saturated carbocycles. The number of aliphatic hydroxyl groups is 1. The number of rotatable bonds is 4. The molecule has 0 radical (unpaired) electrons. The molecule has 6 heteroatoms. The highest BCUT2D eigenvalue weighted by molar-refractivity contribution is 5.87. The standard InChI is InChI=1S/C9H16N2O4/c1-9(2-3-10-5-9)8(15)11-6(4-12)7(13)14/h6,10,12H,2-5H2,1H3,(H,11,15)(H,13,14)/t6-,9?/m0/s1. The van der Waals surface area contributed by atoms with E-state index in [2.05, 4.69) is 10.6 Å². The summed E-state index contributed by atoms with van der Waals surface area (Å²) >= 11 is 0. The minimum absolute atomic E-state index is 0.325. The van der Waals surface area contributed by atoms with Crippen molar-refractivity contribution in [3.05, 3.63) is 0 Å². The van der Waals surface area contributed by atoms with E-state index in [1.807, 2.05) is 0 Å². The highest BCUT2D eigenvalue weighted by atomic mass is 16.4. The van der Waals surface area contributed by atoms with Gasteiger partial charge in [-0.2, -0.15) is 0 Å². The number of amides is 1. The second-order valence-electron chi connectivity index (χ2n) is 4.03. The lowest BCUT2D eigenvalue weighted by Crippen LogP contribution is -2.49. The third kappa shape index (κ3) is 2.66. The van der Waals surface area contributed by atoms with Crippen LogP contribution < -0.4 is 10.6 Å². The molecule has 1 heterocycles. The number of hydrogen-bond donors (Lipinski definition) is 4. The Morgan fingerprint density at radius 1 is 1.60 bits per heavy atom. The molecule has 0 aromatic rings. The van der Waals surface area contributed by atoms with Crippen molar-refractivity contribution >= 4 is 11.9 Å². The van der Waals surface area contributed by atoms with Crippen molar-refractivity contribution in [2.45, 2.75) is 19.4 Å². The van der Waals surface area contributed by atoms with Crippen LogP contribution in [0.4, 0.5) is 0 Å². The summed E-state index contributed by atoms with van der Waals surface area (Å²) < 4.78 is 0. The minimum atomic E-state index is -1.22. The average molecular weight is 216 g/mol. The van der Waals surface area contributed by atoms with Crippen LogP contribution in [0.1, 0.15) is 13.3 Å². The van der Waals surface area contributed by atoms with Gasteiger partial charge in [-0.15, -0.1) is 0 Å². The van der Waals surface area contributed by atoms with Gasteiger partial charge in [0.15, 0.2) is 0 Å². The summed E-state index contributed by atoms with van der Waals surface area (Å²) in [6.07, 6.45) is 0.677. The van der Waals surface area contributed by atoms with Gasteiger partial charge in [-0.1, -0.05) is 0 Å². The normalized spacial score (nSPS) is 27.3. The van der Waals surface area contributed by atoms with Gasteiger partial charge in [-0.3, -0.25) is 4.79 Å². The highest BCUT2D eigenvalue weighted by Crippen LogP contribution is 2.24. The monoisotopic (exact) mass is 216 g/mol. The van der Waals surface area contributed by atoms with Crippen LogP contribution >= 0.6 is 0 Å². The summed E-state index contributed by atoms with van der Waals surface area (Å²) in [4.78, 5) is 22.3. The van der Waals surface area contributed by atoms with Crippen LogP contribution in [-0.2, 0) is 9.59 Å². The SMILES string of the molecule is CC1(C(=O)N[C@@H](CO)C(=O)O)CCNC1. The molecule has 1 fully saturated rings. The van der Waals surface area contributed by atoms with E-state index in [9.17, 15) is 9.59 Å². The number of carboxylic acids is 1. The lowest BCUT2D eigenvalue weighted by Gasteiger charge is -2.23. The molecule has 1 rings (SSSR count). The van der Waals surface area contributed by atoms with Gasteiger partial charge in [0, 0.05) is 6.54 Å². The minimum Gasteiger partial charge on any atom is -0.480 e. The Labute approximate surface area is 87.7 Å². The van der Waals surface area contributed by atoms with Crippen LogP contribution in [0.25, 0.3) is 0 Å². The summed E-state index contributed by atoms with van der Waals surface area (Å²) in [7, 11) is 0. The highest BCUT2D eigenvalue weighted by Gasteiger charge is 2.37. The third-order valence-electron chi connectivity index (χ3n) is 2.70. The van der Waals surface area contributed by atoms with Crippen LogP contribution in [0.2, 0.25) is 0 Å². The van der Waals surface area contributed by atoms with Gasteiger partial charge in [0.25, 0.3) is 0 Å². The van der Waals surface area contributed by atoms with Gasteiger partial charge in [0.05, 0.1) is 12.0 Å². The first-order valence-corrected chi connectivity index (χ1v) is 4.85. The number of hydrogen-bond acceptors (Lipinski definition) is 4. The number of aliphatic hydroxyl groups excluding tert-OH is 1. The number of nitrogens with one attached hydrogen (secondary N) is 2. The van der Waals surface area contributed by atoms with Crippen molar-refractivity contribution < 1.29 is 19.8 Å². The molecule has 4 N–H and O–H groups in total. The largest absolute Gasteiger partial charge is 0.480 e. The maximum atomic E-state index is 11.7. The second kappa shape index (κ2) is 4.59. The fourth-order valence-corrected chi connectivity index (χ4v) is 1.53. The summed E-state index contributed by atoms with van der Waals surface area (Å²) in [6, 6.07) is -1.21. The smallest absolute Gasteiger partial charge is 0.328 e. The number of carbonyl (C=O) groups is 2. The zero-order valence-electron chi connectivity index (χ0n) is 8.62. The molecule has 0 aromatic heterocycles. The lowest BCUT2D eigenvalue weighted by atomic mass is 9.88. The molecule has 15 heavy (non-hydrogen) atoms. The Morgan fingerprint density at radius 3 is 2.67 bits per heavy atom. The molecular weight excluding hydrogens is 200 g/mol.